The first-order valence-electron chi connectivity index (χ1n) is 5.60. The van der Waals surface area contributed by atoms with Gasteiger partial charge in [-0.15, -0.1) is 0 Å². The van der Waals surface area contributed by atoms with Crippen molar-refractivity contribution in [3.8, 4) is 5.75 Å². The summed E-state index contributed by atoms with van der Waals surface area (Å²) in [5, 5.41) is 10.1. The molecule has 2 heterocycles. The largest absolute Gasteiger partial charge is 0.504 e. The van der Waals surface area contributed by atoms with Gasteiger partial charge in [0.25, 0.3) is 0 Å². The van der Waals surface area contributed by atoms with Crippen molar-refractivity contribution in [3.63, 3.8) is 0 Å². The van der Waals surface area contributed by atoms with E-state index in [-0.39, 0.29) is 22.2 Å². The fraction of sp³-hybridized carbons (Fsp3) is 0.333. The predicted molar refractivity (Wildman–Crippen MR) is 65.2 cm³/mol. The second kappa shape index (κ2) is 3.88. The third-order valence-corrected chi connectivity index (χ3v) is 3.45. The first-order chi connectivity index (χ1) is 8.61. The number of ether oxygens (including phenoxy) is 1. The maximum atomic E-state index is 11.5. The summed E-state index contributed by atoms with van der Waals surface area (Å²) in [5.74, 6) is -0.118. The van der Waals surface area contributed by atoms with Gasteiger partial charge in [-0.1, -0.05) is 11.6 Å². The molecule has 0 unspecified atom stereocenters. The molecule has 1 aliphatic rings. The molecule has 1 saturated carbocycles. The number of esters is 1. The van der Waals surface area contributed by atoms with Crippen molar-refractivity contribution < 1.29 is 14.6 Å². The van der Waals surface area contributed by atoms with Crippen LogP contribution in [0.4, 0.5) is 0 Å². The molecule has 0 saturated heterocycles. The molecule has 0 aromatic carbocycles. The lowest BCUT2D eigenvalue weighted by atomic mass is 10.2. The summed E-state index contributed by atoms with van der Waals surface area (Å²) in [5.41, 5.74) is 1.29. The number of pyridine rings is 1. The van der Waals surface area contributed by atoms with Crippen LogP contribution in [0.5, 0.6) is 5.75 Å². The van der Waals surface area contributed by atoms with Gasteiger partial charge in [-0.2, -0.15) is 0 Å². The zero-order valence-corrected chi connectivity index (χ0v) is 10.4. The topological polar surface area (TPSA) is 63.8 Å². The van der Waals surface area contributed by atoms with E-state index in [0.29, 0.717) is 5.92 Å². The molecular formula is C12H11ClN2O3. The Morgan fingerprint density at radius 2 is 2.33 bits per heavy atom. The first-order valence-corrected chi connectivity index (χ1v) is 5.98. The van der Waals surface area contributed by atoms with Gasteiger partial charge in [-0.05, 0) is 30.4 Å². The normalized spacial score (nSPS) is 15.0. The van der Waals surface area contributed by atoms with Gasteiger partial charge in [0, 0.05) is 6.20 Å². The number of carbonyl (C=O) groups is 1. The van der Waals surface area contributed by atoms with Crippen LogP contribution in [-0.2, 0) is 4.74 Å². The van der Waals surface area contributed by atoms with E-state index in [1.807, 2.05) is 6.20 Å². The van der Waals surface area contributed by atoms with Gasteiger partial charge in [-0.3, -0.25) is 4.40 Å². The Morgan fingerprint density at radius 3 is 2.94 bits per heavy atom. The van der Waals surface area contributed by atoms with Crippen LogP contribution in [0.1, 0.15) is 34.8 Å². The van der Waals surface area contributed by atoms with Crippen LogP contribution in [0.15, 0.2) is 12.3 Å². The summed E-state index contributed by atoms with van der Waals surface area (Å²) in [7, 11) is 1.26. The van der Waals surface area contributed by atoms with Crippen molar-refractivity contribution in [1.29, 1.82) is 0 Å². The summed E-state index contributed by atoms with van der Waals surface area (Å²) >= 11 is 6.09. The molecule has 1 N–H and O–H groups in total. The molecule has 94 valence electrons. The van der Waals surface area contributed by atoms with Crippen molar-refractivity contribution in [2.24, 2.45) is 0 Å². The van der Waals surface area contributed by atoms with Crippen molar-refractivity contribution >= 4 is 23.2 Å². The molecule has 18 heavy (non-hydrogen) atoms. The van der Waals surface area contributed by atoms with Crippen LogP contribution in [-0.4, -0.2) is 27.6 Å². The fourth-order valence-corrected chi connectivity index (χ4v) is 2.23. The van der Waals surface area contributed by atoms with Crippen LogP contribution in [0.2, 0.25) is 5.15 Å². The highest BCUT2D eigenvalue weighted by molar-refractivity contribution is 6.32. The highest BCUT2D eigenvalue weighted by Gasteiger charge is 2.27. The highest BCUT2D eigenvalue weighted by atomic mass is 35.5. The van der Waals surface area contributed by atoms with E-state index in [4.69, 9.17) is 11.6 Å². The van der Waals surface area contributed by atoms with Crippen LogP contribution in [0.25, 0.3) is 5.65 Å². The van der Waals surface area contributed by atoms with Crippen molar-refractivity contribution in [3.05, 3.63) is 28.7 Å². The zero-order chi connectivity index (χ0) is 12.9. The van der Waals surface area contributed by atoms with Gasteiger partial charge in [0.05, 0.1) is 7.11 Å². The van der Waals surface area contributed by atoms with E-state index in [2.05, 4.69) is 9.72 Å². The maximum Gasteiger partial charge on any atom is 0.359 e. The molecule has 0 spiro atoms. The van der Waals surface area contributed by atoms with Gasteiger partial charge in [-0.25, -0.2) is 9.78 Å². The number of carbonyl (C=O) groups excluding carboxylic acids is 1. The molecule has 1 fully saturated rings. The van der Waals surface area contributed by atoms with E-state index < -0.39 is 5.97 Å². The van der Waals surface area contributed by atoms with Crippen molar-refractivity contribution in [2.45, 2.75) is 18.8 Å². The number of methoxy groups -OCH3 is 1. The lowest BCUT2D eigenvalue weighted by Gasteiger charge is -2.03. The summed E-state index contributed by atoms with van der Waals surface area (Å²) in [4.78, 5) is 15.5. The Bertz CT molecular complexity index is 646. The molecule has 1 aliphatic carbocycles. The number of aromatic hydroxyl groups is 1. The number of aromatic nitrogens is 2. The second-order valence-electron chi connectivity index (χ2n) is 4.37. The monoisotopic (exact) mass is 266 g/mol. The Labute approximate surface area is 108 Å². The van der Waals surface area contributed by atoms with E-state index in [1.165, 1.54) is 11.5 Å². The van der Waals surface area contributed by atoms with Crippen LogP contribution < -0.4 is 0 Å². The van der Waals surface area contributed by atoms with E-state index in [9.17, 15) is 9.90 Å². The minimum atomic E-state index is -0.615. The molecule has 2 aromatic rings. The third-order valence-electron chi connectivity index (χ3n) is 3.09. The Morgan fingerprint density at radius 1 is 1.61 bits per heavy atom. The van der Waals surface area contributed by atoms with Crippen LogP contribution >= 0.6 is 11.6 Å². The lowest BCUT2D eigenvalue weighted by molar-refractivity contribution is 0.0595. The molecule has 2 aromatic heterocycles. The standard InChI is InChI=1S/C12H11ClN2O3/c1-18-12(17)9-10(13)15-5-7(6-2-3-6)4-8(16)11(15)14-9/h4-6,16H,2-3H2,1H3. The van der Waals surface area contributed by atoms with Crippen molar-refractivity contribution in [2.75, 3.05) is 7.11 Å². The van der Waals surface area contributed by atoms with Crippen LogP contribution in [0, 0.1) is 0 Å². The third kappa shape index (κ3) is 1.62. The van der Waals surface area contributed by atoms with Gasteiger partial charge in [0.1, 0.15) is 5.15 Å². The number of hydrogen-bond donors (Lipinski definition) is 1. The minimum Gasteiger partial charge on any atom is -0.504 e. The summed E-state index contributed by atoms with van der Waals surface area (Å²) in [6, 6.07) is 1.68. The van der Waals surface area contributed by atoms with Gasteiger partial charge < -0.3 is 9.84 Å². The fourth-order valence-electron chi connectivity index (χ4n) is 1.99. The molecule has 3 rings (SSSR count). The van der Waals surface area contributed by atoms with E-state index in [0.717, 1.165) is 18.4 Å². The average molecular weight is 267 g/mol. The average Bonchev–Trinajstić information content (AvgIpc) is 3.15. The number of hydrogen-bond acceptors (Lipinski definition) is 4. The Hall–Kier alpha value is -1.75. The smallest absolute Gasteiger partial charge is 0.359 e. The predicted octanol–water partition coefficient (Wildman–Crippen LogP) is 2.36. The molecule has 0 amide bonds. The number of rotatable bonds is 2. The lowest BCUT2D eigenvalue weighted by Crippen LogP contribution is -2.02. The van der Waals surface area contributed by atoms with Crippen LogP contribution in [0.3, 0.4) is 0 Å². The number of nitrogens with zero attached hydrogens (tertiary/aromatic N) is 2. The Balaban J connectivity index is 2.23. The van der Waals surface area contributed by atoms with Gasteiger partial charge in [0.2, 0.25) is 0 Å². The summed E-state index contributed by atoms with van der Waals surface area (Å²) in [6.45, 7) is 0. The highest BCUT2D eigenvalue weighted by Crippen LogP contribution is 2.42. The quantitative estimate of drug-likeness (QED) is 0.848. The molecule has 0 aliphatic heterocycles. The zero-order valence-electron chi connectivity index (χ0n) is 9.68. The number of halogens is 1. The molecule has 0 radical (unpaired) electrons. The van der Waals surface area contributed by atoms with Gasteiger partial charge >= 0.3 is 5.97 Å². The van der Waals surface area contributed by atoms with E-state index >= 15 is 0 Å². The van der Waals surface area contributed by atoms with Crippen molar-refractivity contribution in [1.82, 2.24) is 9.38 Å². The first kappa shape index (κ1) is 11.3. The van der Waals surface area contributed by atoms with Gasteiger partial charge in [0.15, 0.2) is 17.1 Å². The maximum absolute atomic E-state index is 11.5. The number of imidazole rings is 1. The number of fused-ring (bicyclic) bond motifs is 1. The summed E-state index contributed by atoms with van der Waals surface area (Å²) < 4.78 is 6.12. The molecular weight excluding hydrogens is 256 g/mol. The minimum absolute atomic E-state index is 0.0161. The molecule has 0 bridgehead atoms. The Kier molecular flexibility index (Phi) is 2.45. The SMILES string of the molecule is COC(=O)c1nc2c(O)cc(C3CC3)cn2c1Cl. The second-order valence-corrected chi connectivity index (χ2v) is 4.73. The molecule has 5 nitrogen and oxygen atoms in total. The van der Waals surface area contributed by atoms with E-state index in [1.54, 1.807) is 6.07 Å². The summed E-state index contributed by atoms with van der Waals surface area (Å²) in [6.07, 6.45) is 4.04. The molecule has 6 heteroatoms. The molecule has 0 atom stereocenters.